The Hall–Kier alpha value is -3.80. The lowest BCUT2D eigenvalue weighted by molar-refractivity contribution is -0.121. The van der Waals surface area contributed by atoms with Gasteiger partial charge in [-0.05, 0) is 59.4 Å². The number of hydrogen-bond donors (Lipinski definition) is 0. The van der Waals surface area contributed by atoms with E-state index in [0.717, 1.165) is 22.4 Å². The SMILES string of the molecule is CC1(C)CC(=O)C2=C(C1)N(c1cccnc1)C(=O)CC2c1ccc(OCc2ccc(F)cc2)cc1. The molecule has 1 aliphatic heterocycles. The highest BCUT2D eigenvalue weighted by Gasteiger charge is 2.44. The van der Waals surface area contributed by atoms with E-state index in [1.54, 1.807) is 35.5 Å². The molecule has 0 spiro atoms. The number of rotatable bonds is 5. The van der Waals surface area contributed by atoms with Crippen molar-refractivity contribution in [2.75, 3.05) is 4.90 Å². The van der Waals surface area contributed by atoms with E-state index in [1.807, 2.05) is 30.3 Å². The number of allylic oxidation sites excluding steroid dienone is 2. The first kappa shape index (κ1) is 23.0. The van der Waals surface area contributed by atoms with Gasteiger partial charge in [-0.1, -0.05) is 38.1 Å². The normalized spacial score (nSPS) is 19.5. The number of ether oxygens (including phenoxy) is 1. The average Bonchev–Trinajstić information content (AvgIpc) is 2.83. The lowest BCUT2D eigenvalue weighted by Crippen LogP contribution is -2.43. The molecule has 5 nitrogen and oxygen atoms in total. The Morgan fingerprint density at radius 2 is 1.77 bits per heavy atom. The first-order valence-corrected chi connectivity index (χ1v) is 11.8. The lowest BCUT2D eigenvalue weighted by Gasteiger charge is -2.42. The van der Waals surface area contributed by atoms with Crippen LogP contribution in [0.5, 0.6) is 5.75 Å². The van der Waals surface area contributed by atoms with Crippen molar-refractivity contribution in [2.24, 2.45) is 5.41 Å². The molecule has 1 atom stereocenters. The summed E-state index contributed by atoms with van der Waals surface area (Å²) in [4.78, 5) is 32.7. The van der Waals surface area contributed by atoms with Crippen molar-refractivity contribution in [1.82, 2.24) is 4.98 Å². The van der Waals surface area contributed by atoms with E-state index < -0.39 is 0 Å². The summed E-state index contributed by atoms with van der Waals surface area (Å²) in [7, 11) is 0. The highest BCUT2D eigenvalue weighted by Crippen LogP contribution is 2.48. The predicted molar refractivity (Wildman–Crippen MR) is 131 cm³/mol. The summed E-state index contributed by atoms with van der Waals surface area (Å²) in [5, 5.41) is 0. The van der Waals surface area contributed by atoms with E-state index in [-0.39, 0.29) is 35.3 Å². The summed E-state index contributed by atoms with van der Waals surface area (Å²) in [6.07, 6.45) is 4.66. The number of hydrogen-bond acceptors (Lipinski definition) is 4. The van der Waals surface area contributed by atoms with Crippen LogP contribution in [0.25, 0.3) is 0 Å². The first-order valence-electron chi connectivity index (χ1n) is 11.8. The van der Waals surface area contributed by atoms with Crippen molar-refractivity contribution >= 4 is 17.4 Å². The van der Waals surface area contributed by atoms with Crippen LogP contribution in [0.2, 0.25) is 0 Å². The van der Waals surface area contributed by atoms with Crippen LogP contribution in [-0.4, -0.2) is 16.7 Å². The number of aromatic nitrogens is 1. The van der Waals surface area contributed by atoms with Gasteiger partial charge in [-0.15, -0.1) is 0 Å². The fraction of sp³-hybridized carbons (Fsp3) is 0.276. The molecular weight excluding hydrogens is 443 g/mol. The van der Waals surface area contributed by atoms with Crippen molar-refractivity contribution in [2.45, 2.75) is 45.6 Å². The third-order valence-corrected chi connectivity index (χ3v) is 6.65. The Bertz CT molecular complexity index is 1280. The quantitative estimate of drug-likeness (QED) is 0.461. The number of carbonyl (C=O) groups excluding carboxylic acids is 2. The molecule has 2 heterocycles. The van der Waals surface area contributed by atoms with E-state index in [0.29, 0.717) is 30.9 Å². The Labute approximate surface area is 204 Å². The zero-order valence-corrected chi connectivity index (χ0v) is 19.8. The molecule has 1 aromatic heterocycles. The van der Waals surface area contributed by atoms with Gasteiger partial charge >= 0.3 is 0 Å². The Morgan fingerprint density at radius 1 is 1.03 bits per heavy atom. The molecule has 0 bridgehead atoms. The third-order valence-electron chi connectivity index (χ3n) is 6.65. The van der Waals surface area contributed by atoms with Gasteiger partial charge in [0.1, 0.15) is 18.2 Å². The van der Waals surface area contributed by atoms with Crippen LogP contribution >= 0.6 is 0 Å². The Balaban J connectivity index is 1.45. The standard InChI is InChI=1S/C29H27FN2O3/c1-29(2)15-25-28(26(33)16-29)24(14-27(34)32(25)22-4-3-13-31-17-22)20-7-11-23(12-8-20)35-18-19-5-9-21(30)10-6-19/h3-13,17,24H,14-16,18H2,1-2H3. The van der Waals surface area contributed by atoms with Gasteiger partial charge in [-0.25, -0.2) is 4.39 Å². The molecule has 1 unspecified atom stereocenters. The number of amides is 1. The molecule has 2 aliphatic rings. The predicted octanol–water partition coefficient (Wildman–Crippen LogP) is 5.96. The van der Waals surface area contributed by atoms with Crippen LogP contribution in [0.4, 0.5) is 10.1 Å². The Morgan fingerprint density at radius 3 is 2.46 bits per heavy atom. The zero-order valence-electron chi connectivity index (χ0n) is 19.8. The van der Waals surface area contributed by atoms with Gasteiger partial charge in [0.25, 0.3) is 0 Å². The van der Waals surface area contributed by atoms with Crippen LogP contribution in [0.1, 0.15) is 50.2 Å². The minimum absolute atomic E-state index is 0.0381. The second kappa shape index (κ2) is 9.10. The number of anilines is 1. The molecule has 1 amide bonds. The number of benzene rings is 2. The fourth-order valence-corrected chi connectivity index (χ4v) is 5.03. The van der Waals surface area contributed by atoms with E-state index in [4.69, 9.17) is 4.74 Å². The van der Waals surface area contributed by atoms with E-state index >= 15 is 0 Å². The highest BCUT2D eigenvalue weighted by molar-refractivity contribution is 6.07. The summed E-state index contributed by atoms with van der Waals surface area (Å²) in [6, 6.07) is 17.4. The van der Waals surface area contributed by atoms with Gasteiger partial charge in [0, 0.05) is 36.2 Å². The minimum atomic E-state index is -0.292. The molecule has 0 saturated carbocycles. The number of carbonyl (C=O) groups is 2. The van der Waals surface area contributed by atoms with Gasteiger partial charge in [0.2, 0.25) is 5.91 Å². The van der Waals surface area contributed by atoms with Crippen molar-refractivity contribution in [3.8, 4) is 5.75 Å². The van der Waals surface area contributed by atoms with E-state index in [1.165, 1.54) is 12.1 Å². The molecule has 1 aliphatic carbocycles. The van der Waals surface area contributed by atoms with E-state index in [2.05, 4.69) is 18.8 Å². The van der Waals surface area contributed by atoms with Crippen molar-refractivity contribution < 1.29 is 18.7 Å². The summed E-state index contributed by atoms with van der Waals surface area (Å²) in [5.74, 6) is 0.155. The van der Waals surface area contributed by atoms with Gasteiger partial charge in [-0.2, -0.15) is 0 Å². The van der Waals surface area contributed by atoms with Gasteiger partial charge in [0.05, 0.1) is 11.9 Å². The first-order chi connectivity index (χ1) is 16.8. The smallest absolute Gasteiger partial charge is 0.232 e. The number of nitrogens with zero attached hydrogens (tertiary/aromatic N) is 2. The summed E-state index contributed by atoms with van der Waals surface area (Å²) in [6.45, 7) is 4.46. The molecular formula is C29H27FN2O3. The summed E-state index contributed by atoms with van der Waals surface area (Å²) < 4.78 is 19.0. The van der Waals surface area contributed by atoms with Gasteiger partial charge < -0.3 is 4.74 Å². The minimum Gasteiger partial charge on any atom is -0.489 e. The highest BCUT2D eigenvalue weighted by atomic mass is 19.1. The fourth-order valence-electron chi connectivity index (χ4n) is 5.03. The monoisotopic (exact) mass is 470 g/mol. The molecule has 178 valence electrons. The summed E-state index contributed by atoms with van der Waals surface area (Å²) in [5.41, 5.74) is 3.77. The maximum Gasteiger partial charge on any atom is 0.232 e. The zero-order chi connectivity index (χ0) is 24.6. The van der Waals surface area contributed by atoms with Crippen LogP contribution in [-0.2, 0) is 16.2 Å². The van der Waals surface area contributed by atoms with Gasteiger partial charge in [0.15, 0.2) is 5.78 Å². The number of halogens is 1. The molecule has 3 aromatic rings. The molecule has 0 saturated heterocycles. The molecule has 5 rings (SSSR count). The van der Waals surface area contributed by atoms with Crippen LogP contribution in [0.15, 0.2) is 84.3 Å². The molecule has 35 heavy (non-hydrogen) atoms. The molecule has 0 N–H and O–H groups in total. The average molecular weight is 471 g/mol. The van der Waals surface area contributed by atoms with Crippen molar-refractivity contribution in [3.05, 3.63) is 101 Å². The van der Waals surface area contributed by atoms with Crippen LogP contribution in [0.3, 0.4) is 0 Å². The van der Waals surface area contributed by atoms with Crippen LogP contribution < -0.4 is 9.64 Å². The van der Waals surface area contributed by atoms with Crippen molar-refractivity contribution in [1.29, 1.82) is 0 Å². The number of ketones is 1. The van der Waals surface area contributed by atoms with Gasteiger partial charge in [-0.3, -0.25) is 19.5 Å². The maximum atomic E-state index is 13.4. The molecule has 0 radical (unpaired) electrons. The number of Topliss-reactive ketones (excluding diaryl/α,β-unsaturated/α-hetero) is 1. The third kappa shape index (κ3) is 4.74. The lowest BCUT2D eigenvalue weighted by atomic mass is 9.69. The maximum absolute atomic E-state index is 13.4. The Kier molecular flexibility index (Phi) is 5.97. The molecule has 6 heteroatoms. The topological polar surface area (TPSA) is 59.5 Å². The van der Waals surface area contributed by atoms with E-state index in [9.17, 15) is 14.0 Å². The molecule has 2 aromatic carbocycles. The van der Waals surface area contributed by atoms with Crippen LogP contribution in [0, 0.1) is 11.2 Å². The summed E-state index contributed by atoms with van der Waals surface area (Å²) >= 11 is 0. The largest absolute Gasteiger partial charge is 0.489 e. The second-order valence-corrected chi connectivity index (χ2v) is 9.98. The number of pyridine rings is 1. The second-order valence-electron chi connectivity index (χ2n) is 9.98. The molecule has 0 fully saturated rings. The van der Waals surface area contributed by atoms with Crippen molar-refractivity contribution in [3.63, 3.8) is 0 Å².